The number of fused-ring (bicyclic) bond motifs is 1. The Balaban J connectivity index is 2.11. The van der Waals surface area contributed by atoms with Crippen LogP contribution in [0.25, 0.3) is 0 Å². The van der Waals surface area contributed by atoms with Crippen molar-refractivity contribution in [2.24, 2.45) is 17.3 Å². The molecule has 0 radical (unpaired) electrons. The second-order valence-corrected chi connectivity index (χ2v) is 5.35. The SMILES string of the molecule is CC12CCCC(=O)C1CCC2CCC#N. The first kappa shape index (κ1) is 10.7. The van der Waals surface area contributed by atoms with Crippen LogP contribution in [-0.4, -0.2) is 5.78 Å². The third kappa shape index (κ3) is 1.69. The first-order valence-corrected chi connectivity index (χ1v) is 6.08. The second-order valence-electron chi connectivity index (χ2n) is 5.35. The van der Waals surface area contributed by atoms with Crippen LogP contribution in [0.3, 0.4) is 0 Å². The molecule has 0 N–H and O–H groups in total. The summed E-state index contributed by atoms with van der Waals surface area (Å²) in [6, 6.07) is 2.23. The largest absolute Gasteiger partial charge is 0.299 e. The van der Waals surface area contributed by atoms with E-state index in [0.29, 0.717) is 24.0 Å². The Kier molecular flexibility index (Phi) is 2.82. The van der Waals surface area contributed by atoms with Crippen molar-refractivity contribution in [3.63, 3.8) is 0 Å². The Bertz CT molecular complexity index is 304. The number of nitrogens with zero attached hydrogens (tertiary/aromatic N) is 1. The zero-order valence-corrected chi connectivity index (χ0v) is 9.46. The lowest BCUT2D eigenvalue weighted by atomic mass is 9.64. The molecule has 0 aromatic heterocycles. The summed E-state index contributed by atoms with van der Waals surface area (Å²) < 4.78 is 0. The van der Waals surface area contributed by atoms with E-state index in [-0.39, 0.29) is 5.41 Å². The Labute approximate surface area is 91.7 Å². The number of carbonyl (C=O) groups excluding carboxylic acids is 1. The fourth-order valence-electron chi connectivity index (χ4n) is 3.75. The van der Waals surface area contributed by atoms with E-state index in [1.807, 2.05) is 0 Å². The molecule has 82 valence electrons. The molecule has 0 bridgehead atoms. The molecule has 0 aliphatic heterocycles. The number of hydrogen-bond donors (Lipinski definition) is 0. The van der Waals surface area contributed by atoms with Crippen LogP contribution in [0, 0.1) is 28.6 Å². The third-order valence-corrected chi connectivity index (χ3v) is 4.66. The Morgan fingerprint density at radius 2 is 2.33 bits per heavy atom. The molecule has 0 spiro atoms. The standard InChI is InChI=1S/C13H19NO/c1-13-8-2-5-12(15)11(13)7-6-10(13)4-3-9-14/h10-11H,2-8H2,1H3. The first-order chi connectivity index (χ1) is 7.18. The van der Waals surface area contributed by atoms with Gasteiger partial charge in [0, 0.05) is 18.8 Å². The summed E-state index contributed by atoms with van der Waals surface area (Å²) >= 11 is 0. The topological polar surface area (TPSA) is 40.9 Å². The van der Waals surface area contributed by atoms with E-state index < -0.39 is 0 Å². The minimum Gasteiger partial charge on any atom is -0.299 e. The van der Waals surface area contributed by atoms with Crippen LogP contribution in [0.2, 0.25) is 0 Å². The summed E-state index contributed by atoms with van der Waals surface area (Å²) in [4.78, 5) is 11.8. The van der Waals surface area contributed by atoms with Gasteiger partial charge in [-0.25, -0.2) is 0 Å². The van der Waals surface area contributed by atoms with Crippen molar-refractivity contribution in [1.82, 2.24) is 0 Å². The molecule has 2 aliphatic rings. The molecule has 3 atom stereocenters. The average Bonchev–Trinajstić information content (AvgIpc) is 2.54. The van der Waals surface area contributed by atoms with Gasteiger partial charge in [-0.05, 0) is 43.4 Å². The van der Waals surface area contributed by atoms with E-state index in [9.17, 15) is 4.79 Å². The van der Waals surface area contributed by atoms with E-state index in [4.69, 9.17) is 5.26 Å². The van der Waals surface area contributed by atoms with E-state index in [1.165, 1.54) is 6.42 Å². The van der Waals surface area contributed by atoms with Crippen molar-refractivity contribution in [2.75, 3.05) is 0 Å². The van der Waals surface area contributed by atoms with Crippen molar-refractivity contribution in [3.05, 3.63) is 0 Å². The van der Waals surface area contributed by atoms with Gasteiger partial charge in [0.1, 0.15) is 5.78 Å². The minimum absolute atomic E-state index is 0.228. The lowest BCUT2D eigenvalue weighted by molar-refractivity contribution is -0.129. The number of nitriles is 1. The predicted molar refractivity (Wildman–Crippen MR) is 58.0 cm³/mol. The van der Waals surface area contributed by atoms with Crippen LogP contribution in [0.4, 0.5) is 0 Å². The van der Waals surface area contributed by atoms with Gasteiger partial charge in [-0.2, -0.15) is 5.26 Å². The van der Waals surface area contributed by atoms with E-state index in [2.05, 4.69) is 13.0 Å². The maximum Gasteiger partial charge on any atom is 0.136 e. The van der Waals surface area contributed by atoms with Crippen LogP contribution >= 0.6 is 0 Å². The zero-order chi connectivity index (χ0) is 10.9. The molecule has 2 saturated carbocycles. The van der Waals surface area contributed by atoms with E-state index >= 15 is 0 Å². The maximum absolute atomic E-state index is 11.8. The van der Waals surface area contributed by atoms with Crippen molar-refractivity contribution in [3.8, 4) is 6.07 Å². The fourth-order valence-corrected chi connectivity index (χ4v) is 3.75. The lowest BCUT2D eigenvalue weighted by Gasteiger charge is -2.39. The fraction of sp³-hybridized carbons (Fsp3) is 0.846. The van der Waals surface area contributed by atoms with Crippen LogP contribution < -0.4 is 0 Å². The van der Waals surface area contributed by atoms with Gasteiger partial charge in [-0.15, -0.1) is 0 Å². The average molecular weight is 205 g/mol. The molecule has 0 heterocycles. The number of rotatable bonds is 2. The molecule has 0 saturated heterocycles. The maximum atomic E-state index is 11.8. The number of Topliss-reactive ketones (excluding diaryl/α,β-unsaturated/α-hetero) is 1. The second kappa shape index (κ2) is 3.96. The molecular formula is C13H19NO. The highest BCUT2D eigenvalue weighted by atomic mass is 16.1. The quantitative estimate of drug-likeness (QED) is 0.695. The van der Waals surface area contributed by atoms with Crippen LogP contribution in [0.1, 0.15) is 51.9 Å². The van der Waals surface area contributed by atoms with Gasteiger partial charge in [0.2, 0.25) is 0 Å². The van der Waals surface area contributed by atoms with Gasteiger partial charge >= 0.3 is 0 Å². The molecule has 2 heteroatoms. The highest BCUT2D eigenvalue weighted by Crippen LogP contribution is 2.55. The smallest absolute Gasteiger partial charge is 0.136 e. The molecule has 2 aliphatic carbocycles. The summed E-state index contributed by atoms with van der Waals surface area (Å²) in [5, 5.41) is 8.64. The molecule has 2 rings (SSSR count). The van der Waals surface area contributed by atoms with E-state index in [0.717, 1.165) is 32.1 Å². The molecule has 0 aromatic carbocycles. The van der Waals surface area contributed by atoms with Crippen LogP contribution in [-0.2, 0) is 4.79 Å². The van der Waals surface area contributed by atoms with Crippen molar-refractivity contribution in [2.45, 2.75) is 51.9 Å². The summed E-state index contributed by atoms with van der Waals surface area (Å²) in [5.74, 6) is 1.42. The number of ketones is 1. The third-order valence-electron chi connectivity index (χ3n) is 4.66. The van der Waals surface area contributed by atoms with Crippen LogP contribution in [0.5, 0.6) is 0 Å². The van der Waals surface area contributed by atoms with Gasteiger partial charge in [-0.3, -0.25) is 4.79 Å². The Morgan fingerprint density at radius 1 is 1.53 bits per heavy atom. The van der Waals surface area contributed by atoms with Crippen LogP contribution in [0.15, 0.2) is 0 Å². The molecule has 0 aromatic rings. The van der Waals surface area contributed by atoms with Gasteiger partial charge in [-0.1, -0.05) is 6.92 Å². The van der Waals surface area contributed by atoms with Crippen molar-refractivity contribution < 1.29 is 4.79 Å². The molecule has 15 heavy (non-hydrogen) atoms. The highest BCUT2D eigenvalue weighted by Gasteiger charge is 2.50. The highest BCUT2D eigenvalue weighted by molar-refractivity contribution is 5.83. The molecular weight excluding hydrogens is 186 g/mol. The summed E-state index contributed by atoms with van der Waals surface area (Å²) in [5.41, 5.74) is 0.228. The van der Waals surface area contributed by atoms with Gasteiger partial charge in [0.05, 0.1) is 6.07 Å². The molecule has 2 fully saturated rings. The van der Waals surface area contributed by atoms with Gasteiger partial charge in [0.25, 0.3) is 0 Å². The van der Waals surface area contributed by atoms with Crippen molar-refractivity contribution >= 4 is 5.78 Å². The van der Waals surface area contributed by atoms with Gasteiger partial charge < -0.3 is 0 Å². The summed E-state index contributed by atoms with van der Waals surface area (Å²) in [6.07, 6.45) is 6.94. The normalized spacial score (nSPS) is 39.9. The van der Waals surface area contributed by atoms with E-state index in [1.54, 1.807) is 0 Å². The number of carbonyl (C=O) groups is 1. The summed E-state index contributed by atoms with van der Waals surface area (Å²) in [7, 11) is 0. The summed E-state index contributed by atoms with van der Waals surface area (Å²) in [6.45, 7) is 2.28. The molecule has 0 amide bonds. The van der Waals surface area contributed by atoms with Gasteiger partial charge in [0.15, 0.2) is 0 Å². The molecule has 2 nitrogen and oxygen atoms in total. The molecule has 3 unspecified atom stereocenters. The lowest BCUT2D eigenvalue weighted by Crippen LogP contribution is -2.37. The predicted octanol–water partition coefficient (Wildman–Crippen LogP) is 3.08. The monoisotopic (exact) mass is 205 g/mol. The number of hydrogen-bond acceptors (Lipinski definition) is 2. The zero-order valence-electron chi connectivity index (χ0n) is 9.46. The Hall–Kier alpha value is -0.840. The first-order valence-electron chi connectivity index (χ1n) is 6.08. The minimum atomic E-state index is 0.228. The van der Waals surface area contributed by atoms with Crippen molar-refractivity contribution in [1.29, 1.82) is 5.26 Å². The Morgan fingerprint density at radius 3 is 3.07 bits per heavy atom.